The Bertz CT molecular complexity index is 536. The minimum Gasteiger partial charge on any atom is -0.454 e. The summed E-state index contributed by atoms with van der Waals surface area (Å²) in [5, 5.41) is 0. The second-order valence-corrected chi connectivity index (χ2v) is 6.29. The average molecular weight is 310 g/mol. The van der Waals surface area contributed by atoms with E-state index in [-0.39, 0.29) is 5.57 Å². The first-order chi connectivity index (χ1) is 10.5. The van der Waals surface area contributed by atoms with E-state index in [1.54, 1.807) is 0 Å². The third-order valence-corrected chi connectivity index (χ3v) is 4.62. The maximum absolute atomic E-state index is 11.9. The fraction of sp³-hybridized carbons (Fsp3) is 0.733. The standard InChI is InChI=1S/C15H18O7/c1-7(2)12(16)19-10-8-9(18-13(10)17)11-14(20-8)22-15(21-11)5-3-4-6-15/h8-11,14H,1,3-6H2,2H3. The van der Waals surface area contributed by atoms with Crippen molar-refractivity contribution in [1.29, 1.82) is 0 Å². The van der Waals surface area contributed by atoms with Crippen LogP contribution in [-0.4, -0.2) is 48.4 Å². The predicted octanol–water partition coefficient (Wildman–Crippen LogP) is 0.810. The Hall–Kier alpha value is -1.44. The summed E-state index contributed by atoms with van der Waals surface area (Å²) in [5.41, 5.74) is 0.215. The lowest BCUT2D eigenvalue weighted by Crippen LogP contribution is -2.38. The lowest BCUT2D eigenvalue weighted by Gasteiger charge is -2.25. The van der Waals surface area contributed by atoms with Crippen molar-refractivity contribution in [2.45, 2.75) is 69.1 Å². The number of carbonyl (C=O) groups excluding carboxylic acids is 2. The van der Waals surface area contributed by atoms with Crippen LogP contribution in [0.2, 0.25) is 0 Å². The van der Waals surface area contributed by atoms with E-state index < -0.39 is 48.4 Å². The van der Waals surface area contributed by atoms with Crippen LogP contribution in [0, 0.1) is 0 Å². The zero-order valence-corrected chi connectivity index (χ0v) is 12.3. The van der Waals surface area contributed by atoms with Crippen LogP contribution in [-0.2, 0) is 33.3 Å². The summed E-state index contributed by atoms with van der Waals surface area (Å²) in [7, 11) is 0. The van der Waals surface area contributed by atoms with Gasteiger partial charge in [-0.3, -0.25) is 0 Å². The number of esters is 2. The molecule has 0 aromatic carbocycles. The van der Waals surface area contributed by atoms with Gasteiger partial charge < -0.3 is 23.7 Å². The smallest absolute Gasteiger partial charge is 0.350 e. The van der Waals surface area contributed by atoms with E-state index in [0.717, 1.165) is 25.7 Å². The van der Waals surface area contributed by atoms with E-state index >= 15 is 0 Å². The molecule has 1 spiro atoms. The van der Waals surface area contributed by atoms with Crippen molar-refractivity contribution in [3.63, 3.8) is 0 Å². The van der Waals surface area contributed by atoms with E-state index in [4.69, 9.17) is 23.7 Å². The Labute approximate surface area is 127 Å². The molecule has 22 heavy (non-hydrogen) atoms. The third-order valence-electron chi connectivity index (χ3n) is 4.62. The second kappa shape index (κ2) is 4.78. The molecular weight excluding hydrogens is 292 g/mol. The van der Waals surface area contributed by atoms with E-state index in [1.807, 2.05) is 0 Å². The summed E-state index contributed by atoms with van der Waals surface area (Å²) in [6, 6.07) is 0. The number of fused-ring (bicyclic) bond motifs is 3. The molecule has 3 saturated heterocycles. The molecule has 5 unspecified atom stereocenters. The number of rotatable bonds is 2. The lowest BCUT2D eigenvalue weighted by molar-refractivity contribution is -0.230. The van der Waals surface area contributed by atoms with Crippen LogP contribution in [0.25, 0.3) is 0 Å². The van der Waals surface area contributed by atoms with Crippen molar-refractivity contribution < 1.29 is 33.3 Å². The van der Waals surface area contributed by atoms with Crippen molar-refractivity contribution in [2.24, 2.45) is 0 Å². The number of hydrogen-bond acceptors (Lipinski definition) is 7. The fourth-order valence-electron chi connectivity index (χ4n) is 3.55. The summed E-state index contributed by atoms with van der Waals surface area (Å²) >= 11 is 0. The van der Waals surface area contributed by atoms with Gasteiger partial charge in [0.25, 0.3) is 0 Å². The van der Waals surface area contributed by atoms with Gasteiger partial charge in [-0.25, -0.2) is 9.59 Å². The van der Waals surface area contributed by atoms with Gasteiger partial charge in [0, 0.05) is 18.4 Å². The van der Waals surface area contributed by atoms with Gasteiger partial charge in [-0.05, 0) is 19.8 Å². The van der Waals surface area contributed by atoms with Crippen molar-refractivity contribution >= 4 is 11.9 Å². The highest BCUT2D eigenvalue weighted by Crippen LogP contribution is 2.48. The van der Waals surface area contributed by atoms with Crippen molar-refractivity contribution in [3.8, 4) is 0 Å². The van der Waals surface area contributed by atoms with E-state index in [0.29, 0.717) is 0 Å². The summed E-state index contributed by atoms with van der Waals surface area (Å²) in [6.07, 6.45) is 0.327. The van der Waals surface area contributed by atoms with Crippen LogP contribution in [0.1, 0.15) is 32.6 Å². The molecule has 120 valence electrons. The molecule has 1 saturated carbocycles. The summed E-state index contributed by atoms with van der Waals surface area (Å²) in [6.45, 7) is 5.01. The van der Waals surface area contributed by atoms with Gasteiger partial charge in [-0.2, -0.15) is 0 Å². The summed E-state index contributed by atoms with van der Waals surface area (Å²) < 4.78 is 28.1. The normalized spacial score (nSPS) is 41.3. The lowest BCUT2D eigenvalue weighted by atomic mass is 10.1. The Kier molecular flexibility index (Phi) is 3.08. The molecule has 4 aliphatic rings. The van der Waals surface area contributed by atoms with Crippen LogP contribution >= 0.6 is 0 Å². The molecule has 0 N–H and O–H groups in total. The number of carbonyl (C=O) groups is 2. The molecule has 5 atom stereocenters. The van der Waals surface area contributed by atoms with Crippen LogP contribution < -0.4 is 0 Å². The first-order valence-corrected chi connectivity index (χ1v) is 7.57. The van der Waals surface area contributed by atoms with Crippen LogP contribution in [0.4, 0.5) is 0 Å². The van der Waals surface area contributed by atoms with E-state index in [1.165, 1.54) is 6.92 Å². The van der Waals surface area contributed by atoms with Gasteiger partial charge in [-0.15, -0.1) is 0 Å². The molecule has 1 aliphatic carbocycles. The minimum absolute atomic E-state index is 0.215. The second-order valence-electron chi connectivity index (χ2n) is 6.29. The molecular formula is C15H18O7. The van der Waals surface area contributed by atoms with E-state index in [9.17, 15) is 9.59 Å². The van der Waals surface area contributed by atoms with E-state index in [2.05, 4.69) is 6.58 Å². The molecule has 0 bridgehead atoms. The minimum atomic E-state index is -1.09. The van der Waals surface area contributed by atoms with Gasteiger partial charge in [-0.1, -0.05) is 6.58 Å². The summed E-state index contributed by atoms with van der Waals surface area (Å²) in [4.78, 5) is 23.6. The molecule has 0 radical (unpaired) electrons. The highest BCUT2D eigenvalue weighted by atomic mass is 16.9. The highest BCUT2D eigenvalue weighted by Gasteiger charge is 2.66. The van der Waals surface area contributed by atoms with Crippen molar-refractivity contribution in [3.05, 3.63) is 12.2 Å². The molecule has 3 heterocycles. The third kappa shape index (κ3) is 2.00. The SMILES string of the molecule is C=C(C)C(=O)OC1C(=O)OC2C3OC4(CCCC4)OC3OC12. The van der Waals surface area contributed by atoms with Gasteiger partial charge in [0.1, 0.15) is 6.10 Å². The molecule has 7 heteroatoms. The Morgan fingerprint density at radius 1 is 1.23 bits per heavy atom. The molecule has 0 amide bonds. The highest BCUT2D eigenvalue weighted by molar-refractivity contribution is 5.90. The van der Waals surface area contributed by atoms with Crippen LogP contribution in [0.5, 0.6) is 0 Å². The Morgan fingerprint density at radius 2 is 1.95 bits per heavy atom. The quantitative estimate of drug-likeness (QED) is 0.551. The molecule has 0 aromatic heterocycles. The van der Waals surface area contributed by atoms with Crippen molar-refractivity contribution in [1.82, 2.24) is 0 Å². The zero-order valence-electron chi connectivity index (χ0n) is 12.3. The fourth-order valence-corrected chi connectivity index (χ4v) is 3.55. The maximum atomic E-state index is 11.9. The maximum Gasteiger partial charge on any atom is 0.350 e. The first-order valence-electron chi connectivity index (χ1n) is 7.57. The molecule has 0 aromatic rings. The molecule has 7 nitrogen and oxygen atoms in total. The Balaban J connectivity index is 1.49. The largest absolute Gasteiger partial charge is 0.454 e. The molecule has 4 fully saturated rings. The van der Waals surface area contributed by atoms with Gasteiger partial charge in [0.2, 0.25) is 6.10 Å². The van der Waals surface area contributed by atoms with Crippen LogP contribution in [0.15, 0.2) is 12.2 Å². The van der Waals surface area contributed by atoms with Gasteiger partial charge in [0.05, 0.1) is 0 Å². The number of ether oxygens (including phenoxy) is 5. The van der Waals surface area contributed by atoms with Gasteiger partial charge in [0.15, 0.2) is 24.3 Å². The number of hydrogen-bond donors (Lipinski definition) is 0. The van der Waals surface area contributed by atoms with Gasteiger partial charge >= 0.3 is 11.9 Å². The Morgan fingerprint density at radius 3 is 2.64 bits per heavy atom. The molecule has 4 rings (SSSR count). The molecule has 3 aliphatic heterocycles. The van der Waals surface area contributed by atoms with Crippen LogP contribution in [0.3, 0.4) is 0 Å². The van der Waals surface area contributed by atoms with Crippen molar-refractivity contribution in [2.75, 3.05) is 0 Å². The average Bonchev–Trinajstić information content (AvgIpc) is 3.18. The predicted molar refractivity (Wildman–Crippen MR) is 70.4 cm³/mol. The monoisotopic (exact) mass is 310 g/mol. The zero-order chi connectivity index (χ0) is 15.5. The summed E-state index contributed by atoms with van der Waals surface area (Å²) in [5.74, 6) is -1.85. The first kappa shape index (κ1) is 14.2. The topological polar surface area (TPSA) is 80.3 Å².